The van der Waals surface area contributed by atoms with E-state index in [1.165, 1.54) is 6.07 Å². The van der Waals surface area contributed by atoms with Crippen LogP contribution in [0, 0.1) is 6.92 Å². The van der Waals surface area contributed by atoms with Crippen molar-refractivity contribution in [2.75, 3.05) is 5.32 Å². The van der Waals surface area contributed by atoms with E-state index in [4.69, 9.17) is 23.2 Å². The molecule has 8 heteroatoms. The van der Waals surface area contributed by atoms with Gasteiger partial charge in [-0.2, -0.15) is 0 Å². The van der Waals surface area contributed by atoms with Crippen molar-refractivity contribution in [1.29, 1.82) is 0 Å². The molecule has 0 radical (unpaired) electrons. The van der Waals surface area contributed by atoms with Gasteiger partial charge in [0, 0.05) is 21.7 Å². The van der Waals surface area contributed by atoms with Gasteiger partial charge in [-0.1, -0.05) is 35.0 Å². The zero-order chi connectivity index (χ0) is 17.1. The maximum atomic E-state index is 12.2. The van der Waals surface area contributed by atoms with Crippen molar-refractivity contribution in [1.82, 2.24) is 9.97 Å². The normalized spacial score (nSPS) is 10.6. The Morgan fingerprint density at radius 2 is 1.88 bits per heavy atom. The van der Waals surface area contributed by atoms with Gasteiger partial charge in [-0.05, 0) is 43.3 Å². The van der Waals surface area contributed by atoms with Crippen LogP contribution in [-0.4, -0.2) is 15.9 Å². The van der Waals surface area contributed by atoms with Gasteiger partial charge in [-0.3, -0.25) is 4.79 Å². The number of amides is 1. The third-order valence-corrected chi connectivity index (χ3v) is 5.52. The molecule has 0 unspecified atom stereocenters. The van der Waals surface area contributed by atoms with Gasteiger partial charge in [0.05, 0.1) is 5.02 Å². The predicted octanol–water partition coefficient (Wildman–Crippen LogP) is 5.56. The molecule has 0 aliphatic rings. The summed E-state index contributed by atoms with van der Waals surface area (Å²) in [6, 6.07) is 10.6. The fraction of sp³-hybridized carbons (Fsp3) is 0.0625. The molecule has 122 valence electrons. The van der Waals surface area contributed by atoms with Crippen LogP contribution in [0.3, 0.4) is 0 Å². The summed E-state index contributed by atoms with van der Waals surface area (Å²) in [6.45, 7) is 1.97. The zero-order valence-electron chi connectivity index (χ0n) is 12.4. The first kappa shape index (κ1) is 17.2. The molecular formula is C16H11Cl2N3OS2. The number of rotatable bonds is 4. The molecule has 0 aliphatic heterocycles. The molecule has 3 aromatic rings. The average Bonchev–Trinajstić information content (AvgIpc) is 2.96. The first-order chi connectivity index (χ1) is 11.5. The van der Waals surface area contributed by atoms with Crippen molar-refractivity contribution in [3.05, 3.63) is 63.3 Å². The summed E-state index contributed by atoms with van der Waals surface area (Å²) in [5.41, 5.74) is 1.76. The van der Waals surface area contributed by atoms with Crippen LogP contribution in [0.1, 0.15) is 16.2 Å². The zero-order valence-corrected chi connectivity index (χ0v) is 15.6. The fourth-order valence-corrected chi connectivity index (χ4v) is 4.00. The molecule has 4 nitrogen and oxygen atoms in total. The van der Waals surface area contributed by atoms with Crippen molar-refractivity contribution in [3.8, 4) is 0 Å². The van der Waals surface area contributed by atoms with Gasteiger partial charge in [0.25, 0.3) is 5.91 Å². The number of halogens is 2. The van der Waals surface area contributed by atoms with Gasteiger partial charge in [-0.15, -0.1) is 11.3 Å². The molecule has 2 heterocycles. The second-order valence-electron chi connectivity index (χ2n) is 4.80. The first-order valence-electron chi connectivity index (χ1n) is 6.85. The van der Waals surface area contributed by atoms with E-state index in [-0.39, 0.29) is 15.9 Å². The Kier molecular flexibility index (Phi) is 5.40. The molecule has 3 rings (SSSR count). The van der Waals surface area contributed by atoms with Gasteiger partial charge in [0.1, 0.15) is 10.8 Å². The van der Waals surface area contributed by atoms with Crippen LogP contribution in [0.4, 0.5) is 5.69 Å². The van der Waals surface area contributed by atoms with Crippen LogP contribution in [0.5, 0.6) is 0 Å². The number of nitrogens with zero attached hydrogens (tertiary/aromatic N) is 2. The van der Waals surface area contributed by atoms with Crippen molar-refractivity contribution in [2.45, 2.75) is 16.2 Å². The maximum Gasteiger partial charge on any atom is 0.275 e. The SMILES string of the molecule is Cc1csc(Sc2ccc(NC(=O)c3nc(Cl)ccc3Cl)cc2)n1. The number of hydrogen-bond acceptors (Lipinski definition) is 5. The number of nitrogens with one attached hydrogen (secondary N) is 1. The van der Waals surface area contributed by atoms with E-state index < -0.39 is 5.91 Å². The Hall–Kier alpha value is -1.60. The Morgan fingerprint density at radius 3 is 2.54 bits per heavy atom. The van der Waals surface area contributed by atoms with E-state index in [1.54, 1.807) is 29.2 Å². The van der Waals surface area contributed by atoms with Gasteiger partial charge in [0.15, 0.2) is 4.34 Å². The number of aromatic nitrogens is 2. The minimum atomic E-state index is -0.404. The van der Waals surface area contributed by atoms with E-state index in [0.29, 0.717) is 5.69 Å². The van der Waals surface area contributed by atoms with Crippen LogP contribution >= 0.6 is 46.3 Å². The molecule has 1 aromatic carbocycles. The van der Waals surface area contributed by atoms with Gasteiger partial charge in [-0.25, -0.2) is 9.97 Å². The minimum absolute atomic E-state index is 0.0980. The van der Waals surface area contributed by atoms with Gasteiger partial charge < -0.3 is 5.32 Å². The molecule has 0 saturated carbocycles. The first-order valence-corrected chi connectivity index (χ1v) is 9.30. The Labute approximate surface area is 157 Å². The van der Waals surface area contributed by atoms with E-state index >= 15 is 0 Å². The third kappa shape index (κ3) is 4.27. The van der Waals surface area contributed by atoms with Crippen molar-refractivity contribution >= 4 is 57.9 Å². The lowest BCUT2D eigenvalue weighted by molar-refractivity contribution is 0.102. The number of carbonyl (C=O) groups excluding carboxylic acids is 1. The molecule has 0 saturated heterocycles. The average molecular weight is 396 g/mol. The van der Waals surface area contributed by atoms with E-state index in [2.05, 4.69) is 15.3 Å². The smallest absolute Gasteiger partial charge is 0.275 e. The van der Waals surface area contributed by atoms with Crippen LogP contribution in [0.25, 0.3) is 0 Å². The summed E-state index contributed by atoms with van der Waals surface area (Å²) in [4.78, 5) is 21.6. The Morgan fingerprint density at radius 1 is 1.12 bits per heavy atom. The van der Waals surface area contributed by atoms with E-state index in [0.717, 1.165) is 14.9 Å². The highest BCUT2D eigenvalue weighted by Crippen LogP contribution is 2.31. The van der Waals surface area contributed by atoms with Gasteiger partial charge >= 0.3 is 0 Å². The summed E-state index contributed by atoms with van der Waals surface area (Å²) < 4.78 is 0.985. The summed E-state index contributed by atoms with van der Waals surface area (Å²) >= 11 is 15.0. The molecule has 1 amide bonds. The third-order valence-electron chi connectivity index (χ3n) is 2.94. The summed E-state index contributed by atoms with van der Waals surface area (Å²) in [7, 11) is 0. The molecule has 0 bridgehead atoms. The number of benzene rings is 1. The van der Waals surface area contributed by atoms with E-state index in [1.807, 2.05) is 36.6 Å². The van der Waals surface area contributed by atoms with Crippen molar-refractivity contribution < 1.29 is 4.79 Å². The lowest BCUT2D eigenvalue weighted by Crippen LogP contribution is -2.14. The highest BCUT2D eigenvalue weighted by atomic mass is 35.5. The molecule has 1 N–H and O–H groups in total. The number of anilines is 1. The van der Waals surface area contributed by atoms with E-state index in [9.17, 15) is 4.79 Å². The van der Waals surface area contributed by atoms with Crippen LogP contribution < -0.4 is 5.32 Å². The standard InChI is InChI=1S/C16H11Cl2N3OS2/c1-9-8-23-16(19-9)24-11-4-2-10(3-5-11)20-15(22)14-12(17)6-7-13(18)21-14/h2-8H,1H3,(H,20,22). The Bertz CT molecular complexity index is 881. The lowest BCUT2D eigenvalue weighted by Gasteiger charge is -2.07. The molecule has 0 atom stereocenters. The molecule has 24 heavy (non-hydrogen) atoms. The van der Waals surface area contributed by atoms with Crippen molar-refractivity contribution in [2.24, 2.45) is 0 Å². The predicted molar refractivity (Wildman–Crippen MR) is 99.6 cm³/mol. The number of hydrogen-bond donors (Lipinski definition) is 1. The van der Waals surface area contributed by atoms with Gasteiger partial charge in [0.2, 0.25) is 0 Å². The molecule has 2 aromatic heterocycles. The number of thiazole rings is 1. The second kappa shape index (κ2) is 7.53. The number of pyridine rings is 1. The quantitative estimate of drug-likeness (QED) is 0.587. The molecule has 0 aliphatic carbocycles. The van der Waals surface area contributed by atoms with Crippen LogP contribution in [0.15, 0.2) is 51.0 Å². The van der Waals surface area contributed by atoms with Crippen LogP contribution in [0.2, 0.25) is 10.2 Å². The molecule has 0 fully saturated rings. The summed E-state index contributed by atoms with van der Waals surface area (Å²) in [5.74, 6) is -0.404. The maximum absolute atomic E-state index is 12.2. The highest BCUT2D eigenvalue weighted by molar-refractivity contribution is 8.01. The second-order valence-corrected chi connectivity index (χ2v) is 7.77. The van der Waals surface area contributed by atoms with Crippen LogP contribution in [-0.2, 0) is 0 Å². The van der Waals surface area contributed by atoms with Crippen molar-refractivity contribution in [3.63, 3.8) is 0 Å². The monoisotopic (exact) mass is 395 g/mol. The molecule has 0 spiro atoms. The topological polar surface area (TPSA) is 54.9 Å². The fourth-order valence-electron chi connectivity index (χ4n) is 1.85. The lowest BCUT2D eigenvalue weighted by atomic mass is 10.3. The highest BCUT2D eigenvalue weighted by Gasteiger charge is 2.13. The summed E-state index contributed by atoms with van der Waals surface area (Å²) in [5, 5.41) is 5.24. The molecular weight excluding hydrogens is 385 g/mol. The number of aryl methyl sites for hydroxylation is 1. The largest absolute Gasteiger partial charge is 0.321 e. The summed E-state index contributed by atoms with van der Waals surface area (Å²) in [6.07, 6.45) is 0. The minimum Gasteiger partial charge on any atom is -0.321 e. The number of carbonyl (C=O) groups is 1. The Balaban J connectivity index is 1.69.